The third-order valence-electron chi connectivity index (χ3n) is 4.15. The van der Waals surface area contributed by atoms with Crippen LogP contribution >= 0.6 is 0 Å². The van der Waals surface area contributed by atoms with Crippen LogP contribution in [-0.2, 0) is 12.8 Å². The molecule has 0 amide bonds. The molecule has 0 saturated carbocycles. The van der Waals surface area contributed by atoms with Gasteiger partial charge in [-0.05, 0) is 36.8 Å². The average molecular weight is 276 g/mol. The molecule has 2 aromatic heterocycles. The van der Waals surface area contributed by atoms with Crippen LogP contribution in [0.5, 0.6) is 0 Å². The zero-order valence-corrected chi connectivity index (χ0v) is 11.7. The number of anilines is 1. The van der Waals surface area contributed by atoms with E-state index in [0.717, 1.165) is 18.2 Å². The molecule has 1 aliphatic carbocycles. The second-order valence-electron chi connectivity index (χ2n) is 5.44. The Labute approximate surface area is 123 Å². The van der Waals surface area contributed by atoms with Gasteiger partial charge < -0.3 is 5.73 Å². The highest BCUT2D eigenvalue weighted by Crippen LogP contribution is 2.37. The topological polar surface area (TPSA) is 64.7 Å². The molecule has 0 saturated heterocycles. The van der Waals surface area contributed by atoms with E-state index in [1.807, 2.05) is 6.07 Å². The van der Waals surface area contributed by atoms with Gasteiger partial charge in [0.1, 0.15) is 12.1 Å². The zero-order valence-electron chi connectivity index (χ0n) is 11.7. The molecule has 0 unspecified atom stereocenters. The van der Waals surface area contributed by atoms with Crippen molar-refractivity contribution < 1.29 is 0 Å². The molecule has 0 bridgehead atoms. The van der Waals surface area contributed by atoms with Crippen molar-refractivity contribution in [2.75, 3.05) is 5.73 Å². The van der Waals surface area contributed by atoms with Gasteiger partial charge in [-0.15, -0.1) is 0 Å². The van der Waals surface area contributed by atoms with E-state index in [0.29, 0.717) is 11.5 Å². The van der Waals surface area contributed by atoms with Crippen LogP contribution in [0.3, 0.4) is 0 Å². The summed E-state index contributed by atoms with van der Waals surface area (Å²) < 4.78 is 0. The summed E-state index contributed by atoms with van der Waals surface area (Å²) in [6.07, 6.45) is 5.97. The molecule has 0 fully saturated rings. The highest BCUT2D eigenvalue weighted by Gasteiger charge is 2.21. The van der Waals surface area contributed by atoms with Crippen LogP contribution in [0.4, 0.5) is 5.82 Å². The Morgan fingerprint density at radius 1 is 0.952 bits per heavy atom. The van der Waals surface area contributed by atoms with Crippen LogP contribution in [0.15, 0.2) is 36.7 Å². The summed E-state index contributed by atoms with van der Waals surface area (Å²) in [5.74, 6) is 0.514. The molecule has 2 heterocycles. The van der Waals surface area contributed by atoms with Crippen molar-refractivity contribution in [3.05, 3.63) is 47.9 Å². The molecule has 4 nitrogen and oxygen atoms in total. The van der Waals surface area contributed by atoms with Crippen molar-refractivity contribution in [1.82, 2.24) is 15.0 Å². The number of aryl methyl sites for hydroxylation is 1. The van der Waals surface area contributed by atoms with E-state index < -0.39 is 0 Å². The summed E-state index contributed by atoms with van der Waals surface area (Å²) >= 11 is 0. The second-order valence-corrected chi connectivity index (χ2v) is 5.44. The van der Waals surface area contributed by atoms with Gasteiger partial charge in [-0.25, -0.2) is 15.0 Å². The summed E-state index contributed by atoms with van der Waals surface area (Å²) in [7, 11) is 0. The Morgan fingerprint density at radius 3 is 2.62 bits per heavy atom. The van der Waals surface area contributed by atoms with Gasteiger partial charge in [-0.2, -0.15) is 0 Å². The van der Waals surface area contributed by atoms with Crippen LogP contribution in [0, 0.1) is 0 Å². The summed E-state index contributed by atoms with van der Waals surface area (Å²) in [5.41, 5.74) is 11.7. The highest BCUT2D eigenvalue weighted by molar-refractivity contribution is 6.01. The lowest BCUT2D eigenvalue weighted by atomic mass is 9.87. The lowest BCUT2D eigenvalue weighted by molar-refractivity contribution is 0.672. The Balaban J connectivity index is 2.15. The Morgan fingerprint density at radius 2 is 1.76 bits per heavy atom. The molecular weight excluding hydrogens is 260 g/mol. The fraction of sp³-hybridized carbons (Fsp3) is 0.235. The number of nitrogen functional groups attached to an aromatic ring is 1. The SMILES string of the molecule is Nc1ncnc2nc3c(c(-c4ccccc4)c12)CCCC3. The maximum atomic E-state index is 6.14. The van der Waals surface area contributed by atoms with Gasteiger partial charge in [0.05, 0.1) is 5.39 Å². The molecule has 0 aliphatic heterocycles. The van der Waals surface area contributed by atoms with E-state index in [1.165, 1.54) is 41.6 Å². The first kappa shape index (κ1) is 12.3. The smallest absolute Gasteiger partial charge is 0.165 e. The lowest BCUT2D eigenvalue weighted by Gasteiger charge is -2.21. The third-order valence-corrected chi connectivity index (χ3v) is 4.15. The number of hydrogen-bond donors (Lipinski definition) is 1. The van der Waals surface area contributed by atoms with Crippen LogP contribution in [0.2, 0.25) is 0 Å². The van der Waals surface area contributed by atoms with Gasteiger partial charge in [-0.3, -0.25) is 0 Å². The standard InChI is InChI=1S/C17H16N4/c18-16-15-14(11-6-2-1-3-7-11)12-8-4-5-9-13(12)21-17(15)20-10-19-16/h1-3,6-7,10H,4-5,8-9H2,(H2,18,19,20,21). The molecule has 0 atom stereocenters. The van der Waals surface area contributed by atoms with E-state index >= 15 is 0 Å². The maximum absolute atomic E-state index is 6.14. The number of nitrogens with two attached hydrogens (primary N) is 1. The van der Waals surface area contributed by atoms with Gasteiger partial charge in [0.2, 0.25) is 0 Å². The molecule has 1 aromatic carbocycles. The minimum Gasteiger partial charge on any atom is -0.383 e. The molecule has 4 heteroatoms. The quantitative estimate of drug-likeness (QED) is 0.741. The summed E-state index contributed by atoms with van der Waals surface area (Å²) in [4.78, 5) is 13.2. The lowest BCUT2D eigenvalue weighted by Crippen LogP contribution is -2.10. The summed E-state index contributed by atoms with van der Waals surface area (Å²) in [6.45, 7) is 0. The first-order valence-electron chi connectivity index (χ1n) is 7.32. The monoisotopic (exact) mass is 276 g/mol. The number of fused-ring (bicyclic) bond motifs is 2. The van der Waals surface area contributed by atoms with Crippen molar-refractivity contribution in [2.45, 2.75) is 25.7 Å². The first-order valence-corrected chi connectivity index (χ1v) is 7.32. The van der Waals surface area contributed by atoms with E-state index in [9.17, 15) is 0 Å². The van der Waals surface area contributed by atoms with Crippen LogP contribution in [0.1, 0.15) is 24.1 Å². The molecule has 1 aliphatic rings. The molecule has 2 N–H and O–H groups in total. The van der Waals surface area contributed by atoms with Crippen LogP contribution in [0.25, 0.3) is 22.2 Å². The van der Waals surface area contributed by atoms with Crippen LogP contribution < -0.4 is 5.73 Å². The van der Waals surface area contributed by atoms with Crippen molar-refractivity contribution in [3.63, 3.8) is 0 Å². The number of rotatable bonds is 1. The fourth-order valence-electron chi connectivity index (χ4n) is 3.20. The molecule has 3 aromatic rings. The van der Waals surface area contributed by atoms with Gasteiger partial charge >= 0.3 is 0 Å². The molecule has 21 heavy (non-hydrogen) atoms. The van der Waals surface area contributed by atoms with E-state index in [-0.39, 0.29) is 0 Å². The van der Waals surface area contributed by atoms with Crippen molar-refractivity contribution in [2.24, 2.45) is 0 Å². The predicted molar refractivity (Wildman–Crippen MR) is 83.8 cm³/mol. The number of nitrogens with zero attached hydrogens (tertiary/aromatic N) is 3. The van der Waals surface area contributed by atoms with Gasteiger partial charge in [0.25, 0.3) is 0 Å². The third kappa shape index (κ3) is 1.95. The number of pyridine rings is 1. The normalized spacial score (nSPS) is 14.1. The highest BCUT2D eigenvalue weighted by atomic mass is 15.0. The molecule has 104 valence electrons. The van der Waals surface area contributed by atoms with E-state index in [4.69, 9.17) is 10.7 Å². The second kappa shape index (κ2) is 4.81. The number of aromatic nitrogens is 3. The minimum absolute atomic E-state index is 0.514. The van der Waals surface area contributed by atoms with E-state index in [1.54, 1.807) is 0 Å². The Kier molecular flexibility index (Phi) is 2.81. The molecule has 0 spiro atoms. The van der Waals surface area contributed by atoms with E-state index in [2.05, 4.69) is 34.2 Å². The molecule has 0 radical (unpaired) electrons. The fourth-order valence-corrected chi connectivity index (χ4v) is 3.20. The Bertz CT molecular complexity index is 812. The minimum atomic E-state index is 0.514. The Hall–Kier alpha value is -2.49. The molecule has 4 rings (SSSR count). The first-order chi connectivity index (χ1) is 10.3. The van der Waals surface area contributed by atoms with Crippen LogP contribution in [-0.4, -0.2) is 15.0 Å². The predicted octanol–water partition coefficient (Wildman–Crippen LogP) is 3.15. The van der Waals surface area contributed by atoms with Crippen molar-refractivity contribution in [3.8, 4) is 11.1 Å². The number of benzene rings is 1. The summed E-state index contributed by atoms with van der Waals surface area (Å²) in [5, 5.41) is 0.893. The van der Waals surface area contributed by atoms with Gasteiger partial charge in [0.15, 0.2) is 5.65 Å². The summed E-state index contributed by atoms with van der Waals surface area (Å²) in [6, 6.07) is 10.4. The van der Waals surface area contributed by atoms with Crippen molar-refractivity contribution >= 4 is 16.9 Å². The maximum Gasteiger partial charge on any atom is 0.165 e. The molecular formula is C17H16N4. The van der Waals surface area contributed by atoms with Gasteiger partial charge in [0, 0.05) is 11.3 Å². The zero-order chi connectivity index (χ0) is 14.2. The van der Waals surface area contributed by atoms with Gasteiger partial charge in [-0.1, -0.05) is 30.3 Å². The largest absolute Gasteiger partial charge is 0.383 e. The van der Waals surface area contributed by atoms with Crippen molar-refractivity contribution in [1.29, 1.82) is 0 Å². The average Bonchev–Trinajstić information content (AvgIpc) is 2.54. The number of hydrogen-bond acceptors (Lipinski definition) is 4.